The van der Waals surface area contributed by atoms with Crippen LogP contribution in [0, 0.1) is 11.3 Å². The van der Waals surface area contributed by atoms with Gasteiger partial charge in [-0.2, -0.15) is 5.26 Å². The van der Waals surface area contributed by atoms with Crippen molar-refractivity contribution in [2.45, 2.75) is 13.4 Å². The van der Waals surface area contributed by atoms with Crippen LogP contribution in [0.3, 0.4) is 0 Å². The molecule has 2 heterocycles. The molecule has 1 radical (unpaired) electrons. The van der Waals surface area contributed by atoms with E-state index in [0.717, 1.165) is 27.9 Å². The van der Waals surface area contributed by atoms with Crippen LogP contribution in [0.2, 0.25) is 6.82 Å². The van der Waals surface area contributed by atoms with Gasteiger partial charge in [-0.3, -0.25) is 4.79 Å². The highest BCUT2D eigenvalue weighted by atomic mass is 16.1. The van der Waals surface area contributed by atoms with E-state index >= 15 is 0 Å². The van der Waals surface area contributed by atoms with Crippen LogP contribution in [0.1, 0.15) is 21.6 Å². The first-order valence-corrected chi connectivity index (χ1v) is 9.57. The van der Waals surface area contributed by atoms with Crippen molar-refractivity contribution in [3.8, 4) is 6.07 Å². The van der Waals surface area contributed by atoms with Crippen LogP contribution in [0.4, 0.5) is 11.4 Å². The molecule has 0 aliphatic rings. The van der Waals surface area contributed by atoms with Crippen molar-refractivity contribution in [2.75, 3.05) is 10.6 Å². The Labute approximate surface area is 175 Å². The monoisotopic (exact) mass is 392 g/mol. The third-order valence-electron chi connectivity index (χ3n) is 4.80. The van der Waals surface area contributed by atoms with E-state index in [1.165, 1.54) is 0 Å². The summed E-state index contributed by atoms with van der Waals surface area (Å²) in [6, 6.07) is 20.8. The number of rotatable bonds is 6. The van der Waals surface area contributed by atoms with E-state index in [1.807, 2.05) is 56.6 Å². The van der Waals surface area contributed by atoms with E-state index < -0.39 is 0 Å². The number of anilines is 2. The van der Waals surface area contributed by atoms with Gasteiger partial charge < -0.3 is 15.6 Å². The number of nitrogens with zero attached hydrogens (tertiary/aromatic N) is 2. The molecule has 4 aromatic rings. The van der Waals surface area contributed by atoms with Gasteiger partial charge in [0.2, 0.25) is 0 Å². The van der Waals surface area contributed by atoms with Gasteiger partial charge in [0.05, 0.1) is 30.1 Å². The SMILES string of the molecule is C[B]c1ccccc1C(=O)Nc1cnc2[nH]c(CNc3ccc(C#N)cc3)cc2c1. The lowest BCUT2D eigenvalue weighted by atomic mass is 9.71. The first kappa shape index (κ1) is 19.3. The van der Waals surface area contributed by atoms with Gasteiger partial charge in [-0.1, -0.05) is 36.6 Å². The van der Waals surface area contributed by atoms with E-state index in [9.17, 15) is 4.79 Å². The number of nitriles is 1. The number of pyridine rings is 1. The second kappa shape index (κ2) is 8.54. The topological polar surface area (TPSA) is 93.6 Å². The van der Waals surface area contributed by atoms with E-state index in [1.54, 1.807) is 24.4 Å². The largest absolute Gasteiger partial charge is 0.379 e. The predicted octanol–water partition coefficient (Wildman–Crippen LogP) is 3.68. The van der Waals surface area contributed by atoms with Gasteiger partial charge in [0.1, 0.15) is 12.9 Å². The number of hydrogen-bond donors (Lipinski definition) is 3. The first-order chi connectivity index (χ1) is 14.7. The summed E-state index contributed by atoms with van der Waals surface area (Å²) < 4.78 is 0. The van der Waals surface area contributed by atoms with Crippen molar-refractivity contribution in [2.24, 2.45) is 0 Å². The molecule has 0 spiro atoms. The van der Waals surface area contributed by atoms with Crippen molar-refractivity contribution in [3.05, 3.63) is 83.7 Å². The fourth-order valence-electron chi connectivity index (χ4n) is 3.25. The lowest BCUT2D eigenvalue weighted by Crippen LogP contribution is -2.24. The molecular formula is C23H19BN5O. The molecule has 7 heteroatoms. The zero-order valence-electron chi connectivity index (χ0n) is 16.4. The lowest BCUT2D eigenvalue weighted by molar-refractivity contribution is 0.102. The minimum atomic E-state index is -0.164. The molecule has 2 aromatic carbocycles. The summed E-state index contributed by atoms with van der Waals surface area (Å²) >= 11 is 0. The smallest absolute Gasteiger partial charge is 0.255 e. The number of carbonyl (C=O) groups is 1. The molecule has 3 N–H and O–H groups in total. The van der Waals surface area contributed by atoms with Gasteiger partial charge in [-0.15, -0.1) is 0 Å². The van der Waals surface area contributed by atoms with Crippen LogP contribution in [-0.2, 0) is 6.54 Å². The molecule has 145 valence electrons. The highest BCUT2D eigenvalue weighted by Gasteiger charge is 2.11. The number of H-pyrrole nitrogens is 1. The molecule has 0 saturated carbocycles. The average Bonchev–Trinajstić information content (AvgIpc) is 3.20. The summed E-state index contributed by atoms with van der Waals surface area (Å²) in [5, 5.41) is 16.0. The Morgan fingerprint density at radius 3 is 2.70 bits per heavy atom. The normalized spacial score (nSPS) is 10.4. The van der Waals surface area contributed by atoms with Gasteiger partial charge in [0.15, 0.2) is 0 Å². The van der Waals surface area contributed by atoms with E-state index in [2.05, 4.69) is 26.7 Å². The third kappa shape index (κ3) is 4.18. The van der Waals surface area contributed by atoms with Crippen molar-refractivity contribution in [1.29, 1.82) is 5.26 Å². The molecule has 0 unspecified atom stereocenters. The number of hydrogen-bond acceptors (Lipinski definition) is 4. The Morgan fingerprint density at radius 1 is 1.13 bits per heavy atom. The fraction of sp³-hybridized carbons (Fsp3) is 0.0870. The molecular weight excluding hydrogens is 373 g/mol. The second-order valence-corrected chi connectivity index (χ2v) is 6.83. The highest BCUT2D eigenvalue weighted by molar-refractivity contribution is 6.54. The number of aromatic nitrogens is 2. The minimum Gasteiger partial charge on any atom is -0.379 e. The zero-order chi connectivity index (χ0) is 20.9. The maximum atomic E-state index is 12.6. The Balaban J connectivity index is 1.46. The average molecular weight is 392 g/mol. The molecule has 0 atom stereocenters. The van der Waals surface area contributed by atoms with Crippen molar-refractivity contribution < 1.29 is 4.79 Å². The van der Waals surface area contributed by atoms with Crippen molar-refractivity contribution in [1.82, 2.24) is 9.97 Å². The Hall–Kier alpha value is -4.05. The molecule has 1 amide bonds. The zero-order valence-corrected chi connectivity index (χ0v) is 16.4. The molecule has 30 heavy (non-hydrogen) atoms. The van der Waals surface area contributed by atoms with Crippen LogP contribution >= 0.6 is 0 Å². The van der Waals surface area contributed by atoms with Crippen LogP contribution in [0.5, 0.6) is 0 Å². The second-order valence-electron chi connectivity index (χ2n) is 6.83. The Morgan fingerprint density at radius 2 is 1.93 bits per heavy atom. The number of nitrogens with one attached hydrogen (secondary N) is 3. The van der Waals surface area contributed by atoms with E-state index in [4.69, 9.17) is 5.26 Å². The Kier molecular flexibility index (Phi) is 5.49. The first-order valence-electron chi connectivity index (χ1n) is 9.57. The van der Waals surface area contributed by atoms with Crippen LogP contribution < -0.4 is 16.1 Å². The molecule has 6 nitrogen and oxygen atoms in total. The van der Waals surface area contributed by atoms with E-state index in [-0.39, 0.29) is 5.91 Å². The molecule has 0 fully saturated rings. The number of benzene rings is 2. The maximum Gasteiger partial charge on any atom is 0.255 e. The van der Waals surface area contributed by atoms with Crippen molar-refractivity contribution in [3.63, 3.8) is 0 Å². The van der Waals surface area contributed by atoms with Gasteiger partial charge in [0, 0.05) is 22.3 Å². The Bertz CT molecular complexity index is 1240. The van der Waals surface area contributed by atoms with Gasteiger partial charge >= 0.3 is 0 Å². The summed E-state index contributed by atoms with van der Waals surface area (Å²) in [6.07, 6.45) is 1.65. The molecule has 0 bridgehead atoms. The third-order valence-corrected chi connectivity index (χ3v) is 4.80. The van der Waals surface area contributed by atoms with Crippen LogP contribution in [0.15, 0.2) is 66.9 Å². The molecule has 2 aromatic heterocycles. The van der Waals surface area contributed by atoms with Crippen LogP contribution in [-0.4, -0.2) is 23.2 Å². The van der Waals surface area contributed by atoms with Gasteiger partial charge in [-0.05, 0) is 36.4 Å². The summed E-state index contributed by atoms with van der Waals surface area (Å²) in [5.41, 5.74) is 5.44. The summed E-state index contributed by atoms with van der Waals surface area (Å²) in [7, 11) is 1.91. The molecule has 0 saturated heterocycles. The quantitative estimate of drug-likeness (QED) is 0.437. The van der Waals surface area contributed by atoms with E-state index in [0.29, 0.717) is 23.4 Å². The molecule has 4 rings (SSSR count). The summed E-state index contributed by atoms with van der Waals surface area (Å²) in [4.78, 5) is 20.3. The van der Waals surface area contributed by atoms with Gasteiger partial charge in [-0.25, -0.2) is 4.98 Å². The van der Waals surface area contributed by atoms with Gasteiger partial charge in [0.25, 0.3) is 5.91 Å². The summed E-state index contributed by atoms with van der Waals surface area (Å²) in [6.45, 7) is 2.50. The summed E-state index contributed by atoms with van der Waals surface area (Å²) in [5.74, 6) is -0.164. The predicted molar refractivity (Wildman–Crippen MR) is 120 cm³/mol. The van der Waals surface area contributed by atoms with Crippen molar-refractivity contribution >= 4 is 41.1 Å². The number of carbonyl (C=O) groups excluding carboxylic acids is 1. The number of amides is 1. The highest BCUT2D eigenvalue weighted by Crippen LogP contribution is 2.19. The fourth-order valence-corrected chi connectivity index (χ4v) is 3.25. The molecule has 0 aliphatic heterocycles. The minimum absolute atomic E-state index is 0.164. The lowest BCUT2D eigenvalue weighted by Gasteiger charge is -2.08. The van der Waals surface area contributed by atoms with Crippen LogP contribution in [0.25, 0.3) is 11.0 Å². The maximum absolute atomic E-state index is 12.6. The molecule has 0 aliphatic carbocycles. The standard InChI is InChI=1S/C23H19BN5O/c1-24-21-5-3-2-4-20(21)23(30)29-19-11-16-10-18(28-22(16)27-14-19)13-26-17-8-6-15(12-25)7-9-17/h2-11,14,26H,13H2,1H3,(H,27,28)(H,29,30). The number of aromatic amines is 1. The number of fused-ring (bicyclic) bond motifs is 1.